The lowest BCUT2D eigenvalue weighted by molar-refractivity contribution is -0.556. The number of alkyl halides is 3. The van der Waals surface area contributed by atoms with Crippen molar-refractivity contribution in [3.8, 4) is 0 Å². The molecule has 0 spiro atoms. The van der Waals surface area contributed by atoms with Crippen LogP contribution in [0.2, 0.25) is 0 Å². The Balaban J connectivity index is 3.04. The zero-order valence-corrected chi connectivity index (χ0v) is 10.8. The van der Waals surface area contributed by atoms with Crippen LogP contribution in [-0.2, 0) is 6.18 Å². The number of imidazole rings is 1. The van der Waals surface area contributed by atoms with E-state index in [1.54, 1.807) is 0 Å². The molecule has 0 amide bonds. The van der Waals surface area contributed by atoms with Crippen molar-refractivity contribution in [1.82, 2.24) is 4.48 Å². The van der Waals surface area contributed by atoms with Crippen LogP contribution in [0.15, 0.2) is 12.1 Å². The van der Waals surface area contributed by atoms with Crippen LogP contribution in [-0.4, -0.2) is 19.3 Å². The number of nitrogens with zero attached hydrogens (tertiary/aromatic N) is 2. The van der Waals surface area contributed by atoms with Gasteiger partial charge in [0.25, 0.3) is 0 Å². The molecule has 0 fully saturated rings. The summed E-state index contributed by atoms with van der Waals surface area (Å²) in [5.41, 5.74) is -0.310. The van der Waals surface area contributed by atoms with Gasteiger partial charge in [-0.2, -0.15) is 13.2 Å². The predicted molar refractivity (Wildman–Crippen MR) is 63.3 cm³/mol. The van der Waals surface area contributed by atoms with Gasteiger partial charge in [-0.3, -0.25) is 0 Å². The fraction of sp³-hybridized carbons (Fsp3) is 0.300. The molecule has 0 N–H and O–H groups in total. The largest absolute Gasteiger partial charge is 0.809 e. The maximum absolute atomic E-state index is 13.0. The molecule has 0 aliphatic rings. The molecule has 0 saturated carbocycles. The first kappa shape index (κ1) is 15.7. The summed E-state index contributed by atoms with van der Waals surface area (Å²) in [6.45, 7) is 3.00. The summed E-state index contributed by atoms with van der Waals surface area (Å²) in [7, 11) is -7.18. The SMILES string of the molecule is Cc1cc2c(cc1C)[n+](B(F)F)c(C(F)(F)F)n2B(F)F. The first-order valence-electron chi connectivity index (χ1n) is 5.76. The number of hydrogen-bond acceptors (Lipinski definition) is 0. The Kier molecular flexibility index (Phi) is 3.71. The second-order valence-electron chi connectivity index (χ2n) is 4.54. The van der Waals surface area contributed by atoms with Crippen molar-refractivity contribution < 1.29 is 34.9 Å². The Bertz CT molecular complexity index is 642. The molecule has 0 unspecified atom stereocenters. The zero-order valence-electron chi connectivity index (χ0n) is 10.8. The van der Waals surface area contributed by atoms with E-state index in [1.165, 1.54) is 13.8 Å². The molecular weight excluding hydrogens is 303 g/mol. The highest BCUT2D eigenvalue weighted by molar-refractivity contribution is 6.43. The minimum absolute atomic E-state index is 0.409. The molecule has 11 heteroatoms. The van der Waals surface area contributed by atoms with E-state index in [9.17, 15) is 30.4 Å². The number of fused-ring (bicyclic) bond motifs is 1. The molecule has 1 heterocycles. The number of halogens is 7. The number of rotatable bonds is 2. The van der Waals surface area contributed by atoms with Crippen molar-refractivity contribution in [1.29, 1.82) is 0 Å². The fourth-order valence-corrected chi connectivity index (χ4v) is 2.18. The van der Waals surface area contributed by atoms with Crippen LogP contribution in [0.5, 0.6) is 0 Å². The van der Waals surface area contributed by atoms with E-state index in [0.29, 0.717) is 11.1 Å². The van der Waals surface area contributed by atoms with Crippen LogP contribution >= 0.6 is 0 Å². The van der Waals surface area contributed by atoms with E-state index < -0.39 is 46.8 Å². The molecule has 0 saturated heterocycles. The van der Waals surface area contributed by atoms with Gasteiger partial charge in [0.05, 0.1) is 0 Å². The molecule has 0 bridgehead atoms. The lowest BCUT2D eigenvalue weighted by Crippen LogP contribution is -2.52. The summed E-state index contributed by atoms with van der Waals surface area (Å²) >= 11 is 0. The molecule has 0 atom stereocenters. The first-order valence-corrected chi connectivity index (χ1v) is 5.76. The Morgan fingerprint density at radius 1 is 1.00 bits per heavy atom. The van der Waals surface area contributed by atoms with Gasteiger partial charge in [0.1, 0.15) is 0 Å². The van der Waals surface area contributed by atoms with Crippen LogP contribution in [0.3, 0.4) is 0 Å². The topological polar surface area (TPSA) is 8.81 Å². The molecule has 1 aromatic heterocycles. The Morgan fingerprint density at radius 3 is 1.95 bits per heavy atom. The lowest BCUT2D eigenvalue weighted by atomic mass is 10.1. The van der Waals surface area contributed by atoms with Crippen LogP contribution in [0, 0.1) is 13.8 Å². The summed E-state index contributed by atoms with van der Waals surface area (Å²) < 4.78 is 90.1. The summed E-state index contributed by atoms with van der Waals surface area (Å²) in [5.74, 6) is -2.08. The van der Waals surface area contributed by atoms with Crippen molar-refractivity contribution >= 4 is 25.8 Å². The van der Waals surface area contributed by atoms with Gasteiger partial charge in [0.2, 0.25) is 0 Å². The van der Waals surface area contributed by atoms with Crippen LogP contribution in [0.4, 0.5) is 30.4 Å². The number of hydrogen-bond donors (Lipinski definition) is 0. The van der Waals surface area contributed by atoms with Gasteiger partial charge in [-0.1, -0.05) is 0 Å². The smallest absolute Gasteiger partial charge is 0.240 e. The van der Waals surface area contributed by atoms with E-state index >= 15 is 0 Å². The normalized spacial score (nSPS) is 12.0. The van der Waals surface area contributed by atoms with E-state index in [0.717, 1.165) is 12.1 Å². The Morgan fingerprint density at radius 2 is 1.52 bits per heavy atom. The van der Waals surface area contributed by atoms with Crippen LogP contribution < -0.4 is 4.48 Å². The highest BCUT2D eigenvalue weighted by Gasteiger charge is 2.54. The fourth-order valence-electron chi connectivity index (χ4n) is 2.18. The van der Waals surface area contributed by atoms with E-state index in [4.69, 9.17) is 0 Å². The average molecular weight is 311 g/mol. The summed E-state index contributed by atoms with van der Waals surface area (Å²) in [6, 6.07) is 2.09. The molecule has 0 aliphatic heterocycles. The zero-order chi connectivity index (χ0) is 16.1. The van der Waals surface area contributed by atoms with Gasteiger partial charge in [-0.15, -0.1) is 0 Å². The van der Waals surface area contributed by atoms with E-state index in [1.807, 2.05) is 0 Å². The van der Waals surface area contributed by atoms with E-state index in [-0.39, 0.29) is 0 Å². The first-order chi connectivity index (χ1) is 9.55. The Labute approximate surface area is 115 Å². The predicted octanol–water partition coefficient (Wildman–Crippen LogP) is 3.11. The van der Waals surface area contributed by atoms with Crippen molar-refractivity contribution in [2.45, 2.75) is 20.0 Å². The minimum atomic E-state index is -5.34. The molecule has 112 valence electrons. The average Bonchev–Trinajstić information content (AvgIpc) is 2.64. The van der Waals surface area contributed by atoms with Gasteiger partial charge in [-0.05, 0) is 37.1 Å². The number of aromatic nitrogens is 2. The lowest BCUT2D eigenvalue weighted by Gasteiger charge is -2.05. The molecule has 2 aromatic rings. The standard InChI is InChI=1S/C10H8B2F7N2/c1-5-3-7-8(4-6(5)2)21(12(18)19)9(10(13,14)15)20(7)11(16)17/h3-4H,1-2H3/q+1. The van der Waals surface area contributed by atoms with Crippen LogP contribution in [0.25, 0.3) is 11.0 Å². The van der Waals surface area contributed by atoms with Crippen molar-refractivity contribution in [3.05, 3.63) is 29.1 Å². The van der Waals surface area contributed by atoms with Crippen LogP contribution in [0.1, 0.15) is 17.0 Å². The van der Waals surface area contributed by atoms with Crippen molar-refractivity contribution in [2.75, 3.05) is 0 Å². The summed E-state index contributed by atoms with van der Waals surface area (Å²) in [4.78, 5) is 0. The van der Waals surface area contributed by atoms with Gasteiger partial charge in [0, 0.05) is 0 Å². The van der Waals surface area contributed by atoms with Gasteiger partial charge in [0.15, 0.2) is 11.0 Å². The second kappa shape index (κ2) is 4.96. The number of aryl methyl sites for hydroxylation is 2. The van der Waals surface area contributed by atoms with Crippen molar-refractivity contribution in [3.63, 3.8) is 0 Å². The molecule has 1 aromatic carbocycles. The molecule has 2 nitrogen and oxygen atoms in total. The highest BCUT2D eigenvalue weighted by Crippen LogP contribution is 2.32. The van der Waals surface area contributed by atoms with E-state index in [2.05, 4.69) is 0 Å². The van der Waals surface area contributed by atoms with Gasteiger partial charge in [-0.25, -0.2) is 26.2 Å². The summed E-state index contributed by atoms with van der Waals surface area (Å²) in [6.07, 6.45) is -5.34. The third kappa shape index (κ3) is 2.49. The Hall–Kier alpha value is -1.67. The monoisotopic (exact) mass is 311 g/mol. The summed E-state index contributed by atoms with van der Waals surface area (Å²) in [5, 5.41) is 0. The van der Waals surface area contributed by atoms with Gasteiger partial charge >= 0.3 is 26.8 Å². The third-order valence-corrected chi connectivity index (χ3v) is 3.21. The van der Waals surface area contributed by atoms with Gasteiger partial charge < -0.3 is 0 Å². The maximum atomic E-state index is 13.0. The molecule has 0 radical (unpaired) electrons. The molecular formula is C10H8B2F7N2+. The van der Waals surface area contributed by atoms with Crippen molar-refractivity contribution in [2.24, 2.45) is 0 Å². The number of benzene rings is 1. The minimum Gasteiger partial charge on any atom is -0.240 e. The third-order valence-electron chi connectivity index (χ3n) is 3.21. The molecule has 2 rings (SSSR count). The second-order valence-corrected chi connectivity index (χ2v) is 4.54. The maximum Gasteiger partial charge on any atom is 0.809 e. The molecule has 0 aliphatic carbocycles. The quantitative estimate of drug-likeness (QED) is 0.595. The highest BCUT2D eigenvalue weighted by atomic mass is 19.4. The molecule has 21 heavy (non-hydrogen) atoms.